The predicted molar refractivity (Wildman–Crippen MR) is 168 cm³/mol. The monoisotopic (exact) mass is 629 g/mol. The lowest BCUT2D eigenvalue weighted by molar-refractivity contribution is -0.138. The molecule has 3 aromatic rings. The molecule has 224 valence electrons. The zero-order valence-corrected chi connectivity index (χ0v) is 26.1. The van der Waals surface area contributed by atoms with E-state index in [-0.39, 0.29) is 40.6 Å². The maximum absolute atomic E-state index is 13.5. The molecule has 2 aliphatic heterocycles. The van der Waals surface area contributed by atoms with E-state index < -0.39 is 9.84 Å². The zero-order chi connectivity index (χ0) is 29.0. The van der Waals surface area contributed by atoms with Crippen LogP contribution in [0.15, 0.2) is 83.8 Å². The van der Waals surface area contributed by atoms with Crippen LogP contribution in [0.5, 0.6) is 0 Å². The Labute approximate surface area is 259 Å². The van der Waals surface area contributed by atoms with E-state index in [1.54, 1.807) is 36.4 Å². The molecular weight excluding hydrogens is 593 g/mol. The number of amides is 2. The average molecular weight is 631 g/mol. The van der Waals surface area contributed by atoms with Crippen molar-refractivity contribution in [2.45, 2.75) is 43.2 Å². The summed E-state index contributed by atoms with van der Waals surface area (Å²) in [5.41, 5.74) is 2.13. The van der Waals surface area contributed by atoms with Gasteiger partial charge in [-0.3, -0.25) is 9.59 Å². The van der Waals surface area contributed by atoms with E-state index in [1.807, 2.05) is 47.4 Å². The van der Waals surface area contributed by atoms with Crippen LogP contribution in [0.1, 0.15) is 53.2 Å². The van der Waals surface area contributed by atoms with Crippen molar-refractivity contribution in [1.29, 1.82) is 0 Å². The molecule has 2 saturated heterocycles. The molecule has 7 nitrogen and oxygen atoms in total. The number of carbonyl (C=O) groups excluding carboxylic acids is 2. The number of halogens is 2. The van der Waals surface area contributed by atoms with Gasteiger partial charge < -0.3 is 15.1 Å². The first-order valence-electron chi connectivity index (χ1n) is 14.1. The van der Waals surface area contributed by atoms with Gasteiger partial charge in [-0.05, 0) is 74.2 Å². The van der Waals surface area contributed by atoms with Crippen molar-refractivity contribution in [2.75, 3.05) is 32.4 Å². The molecular formula is C32H37Cl2N3O4S. The van der Waals surface area contributed by atoms with Gasteiger partial charge in [0.05, 0.1) is 26.9 Å². The van der Waals surface area contributed by atoms with Gasteiger partial charge in [-0.15, -0.1) is 12.4 Å². The van der Waals surface area contributed by atoms with Gasteiger partial charge in [0.25, 0.3) is 5.91 Å². The molecule has 1 atom stereocenters. The largest absolute Gasteiger partial charge is 0.345 e. The Morgan fingerprint density at radius 3 is 2.19 bits per heavy atom. The second-order valence-electron chi connectivity index (χ2n) is 11.2. The lowest BCUT2D eigenvalue weighted by atomic mass is 9.77. The molecule has 2 heterocycles. The van der Waals surface area contributed by atoms with Crippen LogP contribution in [0.25, 0.3) is 0 Å². The molecule has 1 N–H and O–H groups in total. The molecule has 1 spiro atoms. The third-order valence-electron chi connectivity index (χ3n) is 8.50. The van der Waals surface area contributed by atoms with E-state index in [0.717, 1.165) is 63.0 Å². The molecule has 10 heteroatoms. The topological polar surface area (TPSA) is 86.8 Å². The molecule has 0 radical (unpaired) electrons. The zero-order valence-electron chi connectivity index (χ0n) is 23.7. The van der Waals surface area contributed by atoms with Crippen molar-refractivity contribution in [2.24, 2.45) is 5.41 Å². The predicted octanol–water partition coefficient (Wildman–Crippen LogP) is 5.54. The molecule has 42 heavy (non-hydrogen) atoms. The molecule has 1 unspecified atom stereocenters. The van der Waals surface area contributed by atoms with Gasteiger partial charge in [-0.1, -0.05) is 66.2 Å². The smallest absolute Gasteiger partial charge is 0.253 e. The fourth-order valence-electron chi connectivity index (χ4n) is 5.98. The van der Waals surface area contributed by atoms with Crippen LogP contribution in [-0.2, 0) is 21.2 Å². The van der Waals surface area contributed by atoms with Crippen molar-refractivity contribution in [1.82, 2.24) is 15.1 Å². The minimum Gasteiger partial charge on any atom is -0.345 e. The van der Waals surface area contributed by atoms with E-state index >= 15 is 0 Å². The highest BCUT2D eigenvalue weighted by Gasteiger charge is 2.47. The second kappa shape index (κ2) is 13.6. The van der Waals surface area contributed by atoms with Gasteiger partial charge >= 0.3 is 0 Å². The van der Waals surface area contributed by atoms with E-state index in [0.29, 0.717) is 17.1 Å². The minimum absolute atomic E-state index is 0. The van der Waals surface area contributed by atoms with Crippen molar-refractivity contribution >= 4 is 45.7 Å². The minimum atomic E-state index is -3.24. The Kier molecular flexibility index (Phi) is 10.4. The van der Waals surface area contributed by atoms with Gasteiger partial charge in [-0.2, -0.15) is 0 Å². The molecule has 0 aromatic heterocycles. The van der Waals surface area contributed by atoms with E-state index in [2.05, 4.69) is 10.2 Å². The van der Waals surface area contributed by atoms with Crippen LogP contribution in [0.3, 0.4) is 0 Å². The fourth-order valence-corrected chi connectivity index (χ4v) is 6.83. The molecule has 0 saturated carbocycles. The Balaban J connectivity index is 0.00000405. The molecule has 0 aliphatic carbocycles. The molecule has 2 aliphatic rings. The number of sulfone groups is 1. The number of likely N-dealkylation sites (tertiary alicyclic amines) is 2. The summed E-state index contributed by atoms with van der Waals surface area (Å²) in [4.78, 5) is 31.2. The number of benzene rings is 3. The molecule has 3 aromatic carbocycles. The normalized spacial score (nSPS) is 17.6. The molecule has 5 rings (SSSR count). The summed E-state index contributed by atoms with van der Waals surface area (Å²) in [6.45, 7) is 3.70. The summed E-state index contributed by atoms with van der Waals surface area (Å²) in [5, 5.41) is 3.61. The first-order chi connectivity index (χ1) is 19.6. The van der Waals surface area contributed by atoms with Crippen LogP contribution in [0, 0.1) is 5.41 Å². The Hall–Kier alpha value is -2.91. The van der Waals surface area contributed by atoms with Gasteiger partial charge in [0.15, 0.2) is 9.84 Å². The summed E-state index contributed by atoms with van der Waals surface area (Å²) in [6, 6.07) is 23.7. The number of nitrogens with zero attached hydrogens (tertiary/aromatic N) is 2. The van der Waals surface area contributed by atoms with Crippen LogP contribution < -0.4 is 5.32 Å². The van der Waals surface area contributed by atoms with Crippen LogP contribution >= 0.6 is 24.0 Å². The third kappa shape index (κ3) is 7.35. The first-order valence-corrected chi connectivity index (χ1v) is 16.3. The number of rotatable bonds is 9. The van der Waals surface area contributed by atoms with Crippen molar-refractivity contribution in [3.8, 4) is 0 Å². The van der Waals surface area contributed by atoms with Crippen LogP contribution in [0.4, 0.5) is 0 Å². The maximum Gasteiger partial charge on any atom is 0.253 e. The molecule has 2 amide bonds. The van der Waals surface area contributed by atoms with Crippen molar-refractivity contribution in [3.63, 3.8) is 0 Å². The summed E-state index contributed by atoms with van der Waals surface area (Å²) in [5.74, 6) is 0.0168. The van der Waals surface area contributed by atoms with Gasteiger partial charge in [0, 0.05) is 25.9 Å². The lowest BCUT2D eigenvalue weighted by Crippen LogP contribution is -2.45. The maximum atomic E-state index is 13.5. The Bertz CT molecular complexity index is 1490. The van der Waals surface area contributed by atoms with Crippen LogP contribution in [-0.4, -0.2) is 62.5 Å². The summed E-state index contributed by atoms with van der Waals surface area (Å²) in [6.07, 6.45) is 4.42. The standard InChI is InChI=1S/C32H36ClN3O4S.ClH/c1-41(39,40)26-13-11-24(12-14-26)23-36-22-18-32(31(36)38)16-20-35(21-17-32)19-15-29(25-7-3-2-4-8-25)34-30(37)27-9-5-6-10-28(27)33;/h2-14,29H,15-23H2,1H3,(H,34,37);1H. The number of piperidine rings is 1. The highest BCUT2D eigenvalue weighted by molar-refractivity contribution is 7.90. The Morgan fingerprint density at radius 2 is 1.55 bits per heavy atom. The summed E-state index contributed by atoms with van der Waals surface area (Å²) >= 11 is 6.27. The molecule has 2 fully saturated rings. The number of carbonyl (C=O) groups is 2. The SMILES string of the molecule is CS(=O)(=O)c1ccc(CN2CCC3(CCN(CCC(NC(=O)c4ccccc4Cl)c4ccccc4)CC3)C2=O)cc1.Cl. The fraction of sp³-hybridized carbons (Fsp3) is 0.375. The number of nitrogens with one attached hydrogen (secondary N) is 1. The van der Waals surface area contributed by atoms with E-state index in [1.165, 1.54) is 6.26 Å². The van der Waals surface area contributed by atoms with E-state index in [9.17, 15) is 18.0 Å². The second-order valence-corrected chi connectivity index (χ2v) is 13.6. The Morgan fingerprint density at radius 1 is 0.929 bits per heavy atom. The summed E-state index contributed by atoms with van der Waals surface area (Å²) in [7, 11) is -3.24. The van der Waals surface area contributed by atoms with Crippen LogP contribution in [0.2, 0.25) is 5.02 Å². The third-order valence-corrected chi connectivity index (χ3v) is 9.96. The number of hydrogen-bond donors (Lipinski definition) is 1. The van der Waals surface area contributed by atoms with Crippen molar-refractivity contribution < 1.29 is 18.0 Å². The van der Waals surface area contributed by atoms with E-state index in [4.69, 9.17) is 11.6 Å². The van der Waals surface area contributed by atoms with Crippen molar-refractivity contribution in [3.05, 3.63) is 101 Å². The lowest BCUT2D eigenvalue weighted by Gasteiger charge is -2.38. The number of hydrogen-bond acceptors (Lipinski definition) is 5. The quantitative estimate of drug-likeness (QED) is 0.336. The summed E-state index contributed by atoms with van der Waals surface area (Å²) < 4.78 is 23.5. The van der Waals surface area contributed by atoms with Gasteiger partial charge in [0.1, 0.15) is 0 Å². The molecule has 0 bridgehead atoms. The highest BCUT2D eigenvalue weighted by Crippen LogP contribution is 2.42. The van der Waals surface area contributed by atoms with Gasteiger partial charge in [-0.25, -0.2) is 8.42 Å². The van der Waals surface area contributed by atoms with Gasteiger partial charge in [0.2, 0.25) is 5.91 Å². The first kappa shape index (κ1) is 32.0. The average Bonchev–Trinajstić information content (AvgIpc) is 3.26. The highest BCUT2D eigenvalue weighted by atomic mass is 35.5.